The van der Waals surface area contributed by atoms with Crippen LogP contribution in [0.5, 0.6) is 0 Å². The van der Waals surface area contributed by atoms with Crippen molar-refractivity contribution in [1.29, 1.82) is 0 Å². The third-order valence-electron chi connectivity index (χ3n) is 2.08. The predicted octanol–water partition coefficient (Wildman–Crippen LogP) is 2.06. The predicted molar refractivity (Wildman–Crippen MR) is 50.5 cm³/mol. The molecule has 0 aromatic carbocycles. The zero-order chi connectivity index (χ0) is 9.68. The molecule has 72 valence electrons. The van der Waals surface area contributed by atoms with Crippen molar-refractivity contribution < 1.29 is 9.90 Å². The quantitative estimate of drug-likeness (QED) is 0.730. The van der Waals surface area contributed by atoms with Gasteiger partial charge in [-0.1, -0.05) is 6.92 Å². The molecule has 0 aliphatic heterocycles. The molecule has 1 heterocycles. The molecule has 1 aromatic rings. The highest BCUT2D eigenvalue weighted by Gasteiger charge is 2.06. The van der Waals surface area contributed by atoms with Crippen molar-refractivity contribution in [3.8, 4) is 0 Å². The first-order chi connectivity index (χ1) is 6.18. The summed E-state index contributed by atoms with van der Waals surface area (Å²) in [6, 6.07) is 3.98. The summed E-state index contributed by atoms with van der Waals surface area (Å²) in [5.41, 5.74) is 1.18. The number of hydrogen-bond donors (Lipinski definition) is 2. The van der Waals surface area contributed by atoms with E-state index in [-0.39, 0.29) is 6.42 Å². The topological polar surface area (TPSA) is 53.1 Å². The van der Waals surface area contributed by atoms with Gasteiger partial charge in [-0.3, -0.25) is 4.79 Å². The minimum atomic E-state index is -0.710. The lowest BCUT2D eigenvalue weighted by Crippen LogP contribution is -2.04. The fourth-order valence-electron chi connectivity index (χ4n) is 1.34. The highest BCUT2D eigenvalue weighted by molar-refractivity contribution is 5.66. The fourth-order valence-corrected chi connectivity index (χ4v) is 1.34. The standard InChI is InChI=1S/C10H15NO2/c1-8(4-5-10(12)13)7-9-3-2-6-11-9/h2-3,6,8,11H,4-5,7H2,1H3,(H,12,13). The molecule has 3 heteroatoms. The Morgan fingerprint density at radius 1 is 1.69 bits per heavy atom. The lowest BCUT2D eigenvalue weighted by Gasteiger charge is -2.07. The Morgan fingerprint density at radius 3 is 3.00 bits per heavy atom. The van der Waals surface area contributed by atoms with Crippen LogP contribution >= 0.6 is 0 Å². The second-order valence-corrected chi connectivity index (χ2v) is 3.44. The maximum absolute atomic E-state index is 10.3. The van der Waals surface area contributed by atoms with Gasteiger partial charge in [-0.05, 0) is 30.9 Å². The number of carbonyl (C=O) groups is 1. The molecule has 0 fully saturated rings. The molecule has 2 N–H and O–H groups in total. The van der Waals surface area contributed by atoms with Crippen molar-refractivity contribution in [1.82, 2.24) is 4.98 Å². The Balaban J connectivity index is 2.25. The minimum absolute atomic E-state index is 0.266. The Hall–Kier alpha value is -1.25. The molecule has 0 aliphatic carbocycles. The Bertz CT molecular complexity index is 254. The number of H-pyrrole nitrogens is 1. The summed E-state index contributed by atoms with van der Waals surface area (Å²) in [6.45, 7) is 2.07. The average Bonchev–Trinajstić information content (AvgIpc) is 2.53. The van der Waals surface area contributed by atoms with Crippen LogP contribution in [-0.2, 0) is 11.2 Å². The van der Waals surface area contributed by atoms with Gasteiger partial charge in [0.05, 0.1) is 0 Å². The molecule has 0 amide bonds. The third kappa shape index (κ3) is 3.78. The molecular weight excluding hydrogens is 166 g/mol. The van der Waals surface area contributed by atoms with Crippen molar-refractivity contribution in [3.05, 3.63) is 24.0 Å². The fraction of sp³-hybridized carbons (Fsp3) is 0.500. The summed E-state index contributed by atoms with van der Waals surface area (Å²) in [5, 5.41) is 8.48. The number of nitrogens with one attached hydrogen (secondary N) is 1. The van der Waals surface area contributed by atoms with Crippen molar-refractivity contribution in [2.24, 2.45) is 5.92 Å². The molecular formula is C10H15NO2. The first kappa shape index (κ1) is 9.84. The molecule has 1 unspecified atom stereocenters. The van der Waals surface area contributed by atoms with E-state index in [0.29, 0.717) is 5.92 Å². The smallest absolute Gasteiger partial charge is 0.303 e. The van der Waals surface area contributed by atoms with Crippen molar-refractivity contribution in [3.63, 3.8) is 0 Å². The zero-order valence-corrected chi connectivity index (χ0v) is 7.79. The van der Waals surface area contributed by atoms with Crippen molar-refractivity contribution in [2.75, 3.05) is 0 Å². The largest absolute Gasteiger partial charge is 0.481 e. The van der Waals surface area contributed by atoms with Crippen molar-refractivity contribution in [2.45, 2.75) is 26.2 Å². The molecule has 0 radical (unpaired) electrons. The second-order valence-electron chi connectivity index (χ2n) is 3.44. The number of hydrogen-bond acceptors (Lipinski definition) is 1. The molecule has 1 atom stereocenters. The molecule has 1 aromatic heterocycles. The van der Waals surface area contributed by atoms with Gasteiger partial charge in [0.2, 0.25) is 0 Å². The van der Waals surface area contributed by atoms with E-state index < -0.39 is 5.97 Å². The summed E-state index contributed by atoms with van der Waals surface area (Å²) < 4.78 is 0. The molecule has 0 aliphatic rings. The van der Waals surface area contributed by atoms with Crippen LogP contribution in [0.1, 0.15) is 25.5 Å². The van der Waals surface area contributed by atoms with Gasteiger partial charge in [0.25, 0.3) is 0 Å². The van der Waals surface area contributed by atoms with Gasteiger partial charge in [-0.2, -0.15) is 0 Å². The first-order valence-corrected chi connectivity index (χ1v) is 4.52. The lowest BCUT2D eigenvalue weighted by atomic mass is 10.0. The van der Waals surface area contributed by atoms with Crippen LogP contribution < -0.4 is 0 Å². The summed E-state index contributed by atoms with van der Waals surface area (Å²) >= 11 is 0. The van der Waals surface area contributed by atoms with E-state index in [0.717, 1.165) is 12.8 Å². The van der Waals surface area contributed by atoms with Gasteiger partial charge < -0.3 is 10.1 Å². The van der Waals surface area contributed by atoms with Crippen LogP contribution in [0.25, 0.3) is 0 Å². The van der Waals surface area contributed by atoms with E-state index in [4.69, 9.17) is 5.11 Å². The van der Waals surface area contributed by atoms with Crippen LogP contribution in [-0.4, -0.2) is 16.1 Å². The highest BCUT2D eigenvalue weighted by Crippen LogP contribution is 2.11. The minimum Gasteiger partial charge on any atom is -0.481 e. The number of carboxylic acids is 1. The Kier molecular flexibility index (Phi) is 3.55. The summed E-state index contributed by atoms with van der Waals surface area (Å²) in [7, 11) is 0. The SMILES string of the molecule is CC(CCC(=O)O)Cc1ccc[nH]1. The van der Waals surface area contributed by atoms with Gasteiger partial charge in [0.1, 0.15) is 0 Å². The van der Waals surface area contributed by atoms with Crippen LogP contribution in [0, 0.1) is 5.92 Å². The second kappa shape index (κ2) is 4.70. The molecule has 0 saturated carbocycles. The van der Waals surface area contributed by atoms with Crippen LogP contribution in [0.15, 0.2) is 18.3 Å². The summed E-state index contributed by atoms with van der Waals surface area (Å²) in [4.78, 5) is 13.4. The number of carboxylic acid groups (broad SMARTS) is 1. The normalized spacial score (nSPS) is 12.7. The van der Waals surface area contributed by atoms with Crippen LogP contribution in [0.3, 0.4) is 0 Å². The average molecular weight is 181 g/mol. The first-order valence-electron chi connectivity index (χ1n) is 4.52. The van der Waals surface area contributed by atoms with E-state index in [9.17, 15) is 4.79 Å². The van der Waals surface area contributed by atoms with E-state index in [2.05, 4.69) is 11.9 Å². The van der Waals surface area contributed by atoms with Crippen molar-refractivity contribution >= 4 is 5.97 Å². The van der Waals surface area contributed by atoms with Gasteiger partial charge >= 0.3 is 5.97 Å². The molecule has 0 bridgehead atoms. The van der Waals surface area contributed by atoms with Gasteiger partial charge in [-0.15, -0.1) is 0 Å². The van der Waals surface area contributed by atoms with E-state index in [1.807, 2.05) is 18.3 Å². The van der Waals surface area contributed by atoms with Crippen LogP contribution in [0.2, 0.25) is 0 Å². The van der Waals surface area contributed by atoms with Gasteiger partial charge in [0.15, 0.2) is 0 Å². The lowest BCUT2D eigenvalue weighted by molar-refractivity contribution is -0.137. The Morgan fingerprint density at radius 2 is 2.46 bits per heavy atom. The maximum Gasteiger partial charge on any atom is 0.303 e. The molecule has 0 spiro atoms. The van der Waals surface area contributed by atoms with Gasteiger partial charge in [0, 0.05) is 18.3 Å². The van der Waals surface area contributed by atoms with E-state index >= 15 is 0 Å². The van der Waals surface area contributed by atoms with Crippen LogP contribution in [0.4, 0.5) is 0 Å². The molecule has 13 heavy (non-hydrogen) atoms. The van der Waals surface area contributed by atoms with E-state index in [1.165, 1.54) is 5.69 Å². The number of aromatic nitrogens is 1. The highest BCUT2D eigenvalue weighted by atomic mass is 16.4. The monoisotopic (exact) mass is 181 g/mol. The summed E-state index contributed by atoms with van der Waals surface area (Å²) in [5.74, 6) is -0.284. The zero-order valence-electron chi connectivity index (χ0n) is 7.79. The molecule has 3 nitrogen and oxygen atoms in total. The Labute approximate surface area is 77.8 Å². The van der Waals surface area contributed by atoms with Gasteiger partial charge in [-0.25, -0.2) is 0 Å². The molecule has 0 saturated heterocycles. The number of rotatable bonds is 5. The molecule has 1 rings (SSSR count). The maximum atomic E-state index is 10.3. The third-order valence-corrected chi connectivity index (χ3v) is 2.08. The van der Waals surface area contributed by atoms with E-state index in [1.54, 1.807) is 0 Å². The summed E-state index contributed by atoms with van der Waals surface area (Å²) in [6.07, 6.45) is 3.83. The number of aromatic amines is 1. The number of aliphatic carboxylic acids is 1.